The van der Waals surface area contributed by atoms with Crippen molar-refractivity contribution in [3.8, 4) is 11.5 Å². The minimum Gasteiger partial charge on any atom is -0.493 e. The van der Waals surface area contributed by atoms with Crippen molar-refractivity contribution in [3.63, 3.8) is 0 Å². The molecule has 6 heteroatoms. The predicted octanol–water partition coefficient (Wildman–Crippen LogP) is 2.91. The standard InChI is InChI=1S/C18H28N2O3.ClH/c1-13(11-19-2)18(21)20-12-14-8-9-16(22-3)17(10-14)23-15-6-4-5-7-15;/h8-10,13,15,19H,4-7,11-12H2,1-3H3,(H,20,21);1H. The van der Waals surface area contributed by atoms with Crippen molar-refractivity contribution < 1.29 is 14.3 Å². The largest absolute Gasteiger partial charge is 0.493 e. The topological polar surface area (TPSA) is 59.6 Å². The lowest BCUT2D eigenvalue weighted by atomic mass is 10.1. The van der Waals surface area contributed by atoms with E-state index >= 15 is 0 Å². The third-order valence-electron chi connectivity index (χ3n) is 4.25. The maximum atomic E-state index is 12.0. The monoisotopic (exact) mass is 356 g/mol. The molecule has 1 aliphatic carbocycles. The Labute approximate surface area is 150 Å². The highest BCUT2D eigenvalue weighted by atomic mass is 35.5. The number of hydrogen-bond donors (Lipinski definition) is 2. The minimum absolute atomic E-state index is 0. The summed E-state index contributed by atoms with van der Waals surface area (Å²) in [5.41, 5.74) is 1.02. The number of rotatable bonds is 8. The highest BCUT2D eigenvalue weighted by Gasteiger charge is 2.19. The van der Waals surface area contributed by atoms with Crippen molar-refractivity contribution in [2.75, 3.05) is 20.7 Å². The predicted molar refractivity (Wildman–Crippen MR) is 98.1 cm³/mol. The molecule has 0 radical (unpaired) electrons. The van der Waals surface area contributed by atoms with Gasteiger partial charge in [-0.05, 0) is 50.4 Å². The summed E-state index contributed by atoms with van der Waals surface area (Å²) in [7, 11) is 3.50. The maximum absolute atomic E-state index is 12.0. The summed E-state index contributed by atoms with van der Waals surface area (Å²) in [6.45, 7) is 3.08. The summed E-state index contributed by atoms with van der Waals surface area (Å²) in [5, 5.41) is 5.98. The highest BCUT2D eigenvalue weighted by molar-refractivity contribution is 5.85. The summed E-state index contributed by atoms with van der Waals surface area (Å²) in [5.74, 6) is 1.52. The molecule has 1 aromatic carbocycles. The fraction of sp³-hybridized carbons (Fsp3) is 0.611. The van der Waals surface area contributed by atoms with Gasteiger partial charge in [0.15, 0.2) is 11.5 Å². The molecule has 1 saturated carbocycles. The van der Waals surface area contributed by atoms with Crippen LogP contribution in [-0.2, 0) is 11.3 Å². The molecule has 24 heavy (non-hydrogen) atoms. The fourth-order valence-electron chi connectivity index (χ4n) is 2.87. The van der Waals surface area contributed by atoms with Crippen molar-refractivity contribution in [3.05, 3.63) is 23.8 Å². The Bertz CT molecular complexity index is 519. The quantitative estimate of drug-likeness (QED) is 0.752. The number of ether oxygens (including phenoxy) is 2. The highest BCUT2D eigenvalue weighted by Crippen LogP contribution is 2.32. The summed E-state index contributed by atoms with van der Waals surface area (Å²) in [4.78, 5) is 12.0. The number of hydrogen-bond acceptors (Lipinski definition) is 4. The van der Waals surface area contributed by atoms with E-state index in [9.17, 15) is 4.79 Å². The Kier molecular flexibility index (Phi) is 8.93. The van der Waals surface area contributed by atoms with Gasteiger partial charge in [0.2, 0.25) is 5.91 Å². The number of carbonyl (C=O) groups is 1. The fourth-order valence-corrected chi connectivity index (χ4v) is 2.87. The van der Waals surface area contributed by atoms with Crippen molar-refractivity contribution >= 4 is 18.3 Å². The molecule has 136 valence electrons. The molecule has 0 saturated heterocycles. The molecule has 5 nitrogen and oxygen atoms in total. The van der Waals surface area contributed by atoms with Gasteiger partial charge in [0.25, 0.3) is 0 Å². The van der Waals surface area contributed by atoms with Gasteiger partial charge in [-0.1, -0.05) is 13.0 Å². The third kappa shape index (κ3) is 5.87. The summed E-state index contributed by atoms with van der Waals surface area (Å²) >= 11 is 0. The van der Waals surface area contributed by atoms with E-state index in [1.165, 1.54) is 12.8 Å². The van der Waals surface area contributed by atoms with Crippen LogP contribution >= 0.6 is 12.4 Å². The lowest BCUT2D eigenvalue weighted by Crippen LogP contribution is -2.33. The first-order valence-corrected chi connectivity index (χ1v) is 8.40. The number of benzene rings is 1. The maximum Gasteiger partial charge on any atom is 0.224 e. The van der Waals surface area contributed by atoms with E-state index < -0.39 is 0 Å². The second kappa shape index (κ2) is 10.4. The Morgan fingerprint density at radius 1 is 1.29 bits per heavy atom. The van der Waals surface area contributed by atoms with E-state index in [2.05, 4.69) is 10.6 Å². The van der Waals surface area contributed by atoms with Crippen molar-refractivity contribution in [1.29, 1.82) is 0 Å². The van der Waals surface area contributed by atoms with Gasteiger partial charge >= 0.3 is 0 Å². The Morgan fingerprint density at radius 2 is 2.00 bits per heavy atom. The van der Waals surface area contributed by atoms with Crippen LogP contribution in [0, 0.1) is 5.92 Å². The molecule has 1 aliphatic rings. The molecule has 0 aromatic heterocycles. The molecule has 0 bridgehead atoms. The zero-order valence-corrected chi connectivity index (χ0v) is 15.6. The van der Waals surface area contributed by atoms with Gasteiger partial charge in [-0.15, -0.1) is 12.4 Å². The first-order chi connectivity index (χ1) is 11.1. The second-order valence-corrected chi connectivity index (χ2v) is 6.19. The summed E-state index contributed by atoms with van der Waals surface area (Å²) in [6.07, 6.45) is 4.94. The van der Waals surface area contributed by atoms with E-state index in [1.54, 1.807) is 7.11 Å². The smallest absolute Gasteiger partial charge is 0.224 e. The SMILES string of the molecule is CNCC(C)C(=O)NCc1ccc(OC)c(OC2CCCC2)c1.Cl. The molecule has 0 heterocycles. The van der Waals surface area contributed by atoms with Crippen LogP contribution in [0.25, 0.3) is 0 Å². The molecule has 1 aromatic rings. The number of halogens is 1. The zero-order chi connectivity index (χ0) is 16.7. The lowest BCUT2D eigenvalue weighted by molar-refractivity contribution is -0.124. The van der Waals surface area contributed by atoms with Gasteiger partial charge in [-0.3, -0.25) is 4.79 Å². The first-order valence-electron chi connectivity index (χ1n) is 8.40. The van der Waals surface area contributed by atoms with Crippen LogP contribution in [0.4, 0.5) is 0 Å². The number of carbonyl (C=O) groups excluding carboxylic acids is 1. The van der Waals surface area contributed by atoms with Crippen LogP contribution in [0.5, 0.6) is 11.5 Å². The van der Waals surface area contributed by atoms with E-state index in [0.717, 1.165) is 29.9 Å². The van der Waals surface area contributed by atoms with Gasteiger partial charge in [0, 0.05) is 19.0 Å². The molecular weight excluding hydrogens is 328 g/mol. The molecule has 0 aliphatic heterocycles. The molecule has 1 atom stereocenters. The average molecular weight is 357 g/mol. The van der Waals surface area contributed by atoms with Crippen LogP contribution in [-0.4, -0.2) is 32.7 Å². The van der Waals surface area contributed by atoms with Crippen LogP contribution in [0.3, 0.4) is 0 Å². The van der Waals surface area contributed by atoms with E-state index in [1.807, 2.05) is 32.2 Å². The Morgan fingerprint density at radius 3 is 2.62 bits per heavy atom. The van der Waals surface area contributed by atoms with E-state index in [4.69, 9.17) is 9.47 Å². The lowest BCUT2D eigenvalue weighted by Gasteiger charge is -2.17. The second-order valence-electron chi connectivity index (χ2n) is 6.19. The zero-order valence-electron chi connectivity index (χ0n) is 14.8. The summed E-state index contributed by atoms with van der Waals surface area (Å²) < 4.78 is 11.5. The van der Waals surface area contributed by atoms with Gasteiger partial charge in [0.05, 0.1) is 13.2 Å². The third-order valence-corrected chi connectivity index (χ3v) is 4.25. The molecule has 1 amide bonds. The number of methoxy groups -OCH3 is 1. The number of nitrogens with one attached hydrogen (secondary N) is 2. The van der Waals surface area contributed by atoms with Crippen molar-refractivity contribution in [1.82, 2.24) is 10.6 Å². The summed E-state index contributed by atoms with van der Waals surface area (Å²) in [6, 6.07) is 5.84. The Hall–Kier alpha value is -1.46. The van der Waals surface area contributed by atoms with E-state index in [0.29, 0.717) is 13.1 Å². The normalized spacial score (nSPS) is 15.5. The van der Waals surface area contributed by atoms with Crippen LogP contribution in [0.2, 0.25) is 0 Å². The Balaban J connectivity index is 0.00000288. The molecule has 2 N–H and O–H groups in total. The molecule has 1 fully saturated rings. The van der Waals surface area contributed by atoms with Gasteiger partial charge in [-0.2, -0.15) is 0 Å². The van der Waals surface area contributed by atoms with Crippen LogP contribution in [0.15, 0.2) is 18.2 Å². The van der Waals surface area contributed by atoms with Crippen molar-refractivity contribution in [2.45, 2.75) is 45.3 Å². The molecule has 1 unspecified atom stereocenters. The van der Waals surface area contributed by atoms with E-state index in [-0.39, 0.29) is 30.3 Å². The van der Waals surface area contributed by atoms with Crippen LogP contribution < -0.4 is 20.1 Å². The number of amides is 1. The molecule has 2 rings (SSSR count). The van der Waals surface area contributed by atoms with Gasteiger partial charge in [0.1, 0.15) is 0 Å². The van der Waals surface area contributed by atoms with Gasteiger partial charge in [-0.25, -0.2) is 0 Å². The minimum atomic E-state index is -0.0487. The average Bonchev–Trinajstić information content (AvgIpc) is 3.06. The van der Waals surface area contributed by atoms with Gasteiger partial charge < -0.3 is 20.1 Å². The van der Waals surface area contributed by atoms with Crippen molar-refractivity contribution in [2.24, 2.45) is 5.92 Å². The first kappa shape index (κ1) is 20.6. The molecule has 0 spiro atoms. The molecular formula is C18H29ClN2O3. The van der Waals surface area contributed by atoms with Crippen LogP contribution in [0.1, 0.15) is 38.2 Å².